The van der Waals surface area contributed by atoms with E-state index >= 15 is 0 Å². The van der Waals surface area contributed by atoms with E-state index in [0.717, 1.165) is 22.0 Å². The number of nitrogens with zero attached hydrogens (tertiary/aromatic N) is 2. The van der Waals surface area contributed by atoms with Crippen LogP contribution in [0.5, 0.6) is 0 Å². The monoisotopic (exact) mass is 292 g/mol. The highest BCUT2D eigenvalue weighted by Gasteiger charge is 2.16. The summed E-state index contributed by atoms with van der Waals surface area (Å²) in [6.07, 6.45) is 1.02. The molecular weight excluding hydrogens is 280 g/mol. The number of carbonyl (C=O) groups is 1. The smallest absolute Gasteiger partial charge is 0.288 e. The van der Waals surface area contributed by atoms with Gasteiger partial charge in [0.2, 0.25) is 0 Å². The zero-order valence-electron chi connectivity index (χ0n) is 10.6. The number of rotatable bonds is 4. The van der Waals surface area contributed by atoms with Gasteiger partial charge in [0.25, 0.3) is 11.6 Å². The molecular formula is C12H12N4O3S. The molecule has 0 aliphatic rings. The Morgan fingerprint density at radius 1 is 1.55 bits per heavy atom. The van der Waals surface area contributed by atoms with Crippen LogP contribution in [0, 0.1) is 17.0 Å². The highest BCUT2D eigenvalue weighted by Crippen LogP contribution is 2.18. The van der Waals surface area contributed by atoms with Crippen molar-refractivity contribution in [1.82, 2.24) is 10.3 Å². The summed E-state index contributed by atoms with van der Waals surface area (Å²) in [6.45, 7) is 2.32. The summed E-state index contributed by atoms with van der Waals surface area (Å²) >= 11 is 1.57. The maximum atomic E-state index is 12.0. The Kier molecular flexibility index (Phi) is 3.94. The fraction of sp³-hybridized carbons (Fsp3) is 0.167. The van der Waals surface area contributed by atoms with Gasteiger partial charge < -0.3 is 11.1 Å². The molecule has 104 valence electrons. The highest BCUT2D eigenvalue weighted by atomic mass is 32.1. The molecule has 2 heterocycles. The minimum absolute atomic E-state index is 0.00692. The molecule has 0 bridgehead atoms. The molecule has 3 N–H and O–H groups in total. The van der Waals surface area contributed by atoms with Gasteiger partial charge in [-0.05, 0) is 19.1 Å². The fourth-order valence-corrected chi connectivity index (χ4v) is 2.42. The molecule has 2 aromatic rings. The molecule has 8 heteroatoms. The van der Waals surface area contributed by atoms with Crippen LogP contribution in [-0.2, 0) is 6.54 Å². The van der Waals surface area contributed by atoms with Crippen molar-refractivity contribution >= 4 is 28.7 Å². The second-order valence-corrected chi connectivity index (χ2v) is 5.45. The van der Waals surface area contributed by atoms with E-state index in [4.69, 9.17) is 5.73 Å². The predicted molar refractivity (Wildman–Crippen MR) is 75.5 cm³/mol. The number of nitrogen functional groups attached to an aromatic ring is 1. The van der Waals surface area contributed by atoms with E-state index in [-0.39, 0.29) is 17.1 Å². The van der Waals surface area contributed by atoms with Crippen molar-refractivity contribution in [3.63, 3.8) is 0 Å². The standard InChI is InChI=1S/C12H12N4O3S/c1-7-2-3-9(20-7)6-15-12(17)10-4-8(16(18)19)5-14-11(10)13/h2-5H,6H2,1H3,(H2,13,14)(H,15,17). The maximum Gasteiger partial charge on any atom is 0.288 e. The summed E-state index contributed by atoms with van der Waals surface area (Å²) in [5.41, 5.74) is 5.31. The molecule has 0 aliphatic carbocycles. The number of hydrogen-bond acceptors (Lipinski definition) is 6. The van der Waals surface area contributed by atoms with E-state index < -0.39 is 10.8 Å². The molecule has 0 aromatic carbocycles. The highest BCUT2D eigenvalue weighted by molar-refractivity contribution is 7.11. The summed E-state index contributed by atoms with van der Waals surface area (Å²) in [5, 5.41) is 13.3. The number of pyridine rings is 1. The van der Waals surface area contributed by atoms with Gasteiger partial charge in [-0.1, -0.05) is 0 Å². The van der Waals surface area contributed by atoms with Crippen molar-refractivity contribution < 1.29 is 9.72 Å². The molecule has 2 rings (SSSR count). The van der Waals surface area contributed by atoms with Crippen molar-refractivity contribution in [3.05, 3.63) is 49.8 Å². The lowest BCUT2D eigenvalue weighted by molar-refractivity contribution is -0.385. The first-order chi connectivity index (χ1) is 9.47. The molecule has 2 aromatic heterocycles. The van der Waals surface area contributed by atoms with E-state index in [1.54, 1.807) is 11.3 Å². The third kappa shape index (κ3) is 3.09. The number of anilines is 1. The minimum atomic E-state index is -0.619. The van der Waals surface area contributed by atoms with Crippen LogP contribution in [0.1, 0.15) is 20.1 Å². The average molecular weight is 292 g/mol. The molecule has 0 aliphatic heterocycles. The summed E-state index contributed by atoms with van der Waals surface area (Å²) in [5.74, 6) is -0.514. The predicted octanol–water partition coefficient (Wildman–Crippen LogP) is 1.87. The Bertz CT molecular complexity index is 668. The number of hydrogen-bond donors (Lipinski definition) is 2. The zero-order valence-corrected chi connectivity index (χ0v) is 11.4. The topological polar surface area (TPSA) is 111 Å². The van der Waals surface area contributed by atoms with Crippen LogP contribution in [-0.4, -0.2) is 15.8 Å². The SMILES string of the molecule is Cc1ccc(CNC(=O)c2cc([N+](=O)[O-])cnc2N)s1. The largest absolute Gasteiger partial charge is 0.383 e. The van der Waals surface area contributed by atoms with Crippen LogP contribution in [0.25, 0.3) is 0 Å². The molecule has 0 spiro atoms. The van der Waals surface area contributed by atoms with Gasteiger partial charge in [0.05, 0.1) is 17.0 Å². The van der Waals surface area contributed by atoms with Gasteiger partial charge in [0, 0.05) is 15.8 Å². The number of carbonyl (C=O) groups excluding carboxylic acids is 1. The molecule has 0 atom stereocenters. The van der Waals surface area contributed by atoms with Crippen LogP contribution in [0.15, 0.2) is 24.4 Å². The lowest BCUT2D eigenvalue weighted by atomic mass is 10.2. The maximum absolute atomic E-state index is 12.0. The number of nitro groups is 1. The van der Waals surface area contributed by atoms with Gasteiger partial charge in [-0.15, -0.1) is 11.3 Å². The number of aryl methyl sites for hydroxylation is 1. The Morgan fingerprint density at radius 3 is 2.90 bits per heavy atom. The van der Waals surface area contributed by atoms with E-state index in [0.29, 0.717) is 6.54 Å². The second kappa shape index (κ2) is 5.66. The molecule has 7 nitrogen and oxygen atoms in total. The summed E-state index contributed by atoms with van der Waals surface area (Å²) in [4.78, 5) is 27.8. The number of nitrogens with one attached hydrogen (secondary N) is 1. The Hall–Kier alpha value is -2.48. The van der Waals surface area contributed by atoms with Crippen LogP contribution in [0.4, 0.5) is 11.5 Å². The summed E-state index contributed by atoms with van der Waals surface area (Å²) in [6, 6.07) is 4.99. The van der Waals surface area contributed by atoms with E-state index in [1.165, 1.54) is 0 Å². The van der Waals surface area contributed by atoms with E-state index in [2.05, 4.69) is 10.3 Å². The van der Waals surface area contributed by atoms with Crippen molar-refractivity contribution in [3.8, 4) is 0 Å². The molecule has 0 saturated heterocycles. The Labute approximate surface area is 118 Å². The van der Waals surface area contributed by atoms with Gasteiger partial charge in [-0.2, -0.15) is 0 Å². The lowest BCUT2D eigenvalue weighted by Gasteiger charge is -2.05. The van der Waals surface area contributed by atoms with Gasteiger partial charge >= 0.3 is 0 Å². The first-order valence-electron chi connectivity index (χ1n) is 5.71. The third-order valence-corrected chi connectivity index (χ3v) is 3.58. The quantitative estimate of drug-likeness (QED) is 0.660. The fourth-order valence-electron chi connectivity index (χ4n) is 1.59. The number of amides is 1. The third-order valence-electron chi connectivity index (χ3n) is 2.58. The van der Waals surface area contributed by atoms with Gasteiger partial charge in [-0.25, -0.2) is 4.98 Å². The van der Waals surface area contributed by atoms with Crippen LogP contribution in [0.3, 0.4) is 0 Å². The van der Waals surface area contributed by atoms with Crippen LogP contribution >= 0.6 is 11.3 Å². The van der Waals surface area contributed by atoms with Crippen molar-refractivity contribution in [1.29, 1.82) is 0 Å². The summed E-state index contributed by atoms with van der Waals surface area (Å²) in [7, 11) is 0. The summed E-state index contributed by atoms with van der Waals surface area (Å²) < 4.78 is 0. The number of thiophene rings is 1. The Morgan fingerprint density at radius 2 is 2.30 bits per heavy atom. The van der Waals surface area contributed by atoms with Gasteiger partial charge in [0.1, 0.15) is 12.0 Å². The zero-order chi connectivity index (χ0) is 14.7. The van der Waals surface area contributed by atoms with Crippen molar-refractivity contribution in [2.24, 2.45) is 0 Å². The van der Waals surface area contributed by atoms with E-state index in [9.17, 15) is 14.9 Å². The molecule has 20 heavy (non-hydrogen) atoms. The number of aromatic nitrogens is 1. The first kappa shape index (κ1) is 13.9. The molecule has 1 amide bonds. The molecule has 0 radical (unpaired) electrons. The van der Waals surface area contributed by atoms with Crippen LogP contribution in [0.2, 0.25) is 0 Å². The van der Waals surface area contributed by atoms with Crippen molar-refractivity contribution in [2.45, 2.75) is 13.5 Å². The van der Waals surface area contributed by atoms with Crippen molar-refractivity contribution in [2.75, 3.05) is 5.73 Å². The average Bonchev–Trinajstić information content (AvgIpc) is 2.82. The van der Waals surface area contributed by atoms with Gasteiger partial charge in [-0.3, -0.25) is 14.9 Å². The van der Waals surface area contributed by atoms with Crippen LogP contribution < -0.4 is 11.1 Å². The lowest BCUT2D eigenvalue weighted by Crippen LogP contribution is -2.23. The molecule has 0 unspecified atom stereocenters. The van der Waals surface area contributed by atoms with Gasteiger partial charge in [0.15, 0.2) is 0 Å². The number of nitrogens with two attached hydrogens (primary N) is 1. The Balaban J connectivity index is 2.12. The normalized spacial score (nSPS) is 10.2. The molecule has 0 saturated carbocycles. The first-order valence-corrected chi connectivity index (χ1v) is 6.52. The second-order valence-electron chi connectivity index (χ2n) is 4.08. The molecule has 0 fully saturated rings. The minimum Gasteiger partial charge on any atom is -0.383 e. The van der Waals surface area contributed by atoms with E-state index in [1.807, 2.05) is 19.1 Å².